The fourth-order valence-corrected chi connectivity index (χ4v) is 2.13. The Morgan fingerprint density at radius 1 is 1.47 bits per heavy atom. The summed E-state index contributed by atoms with van der Waals surface area (Å²) in [6, 6.07) is 0. The first-order chi connectivity index (χ1) is 8.19. The summed E-state index contributed by atoms with van der Waals surface area (Å²) in [5.74, 6) is -0.0599. The lowest BCUT2D eigenvalue weighted by atomic mass is 10.3. The summed E-state index contributed by atoms with van der Waals surface area (Å²) in [6.07, 6.45) is 2.37. The summed E-state index contributed by atoms with van der Waals surface area (Å²) in [5, 5.41) is 7.58. The number of amides is 2. The fourth-order valence-electron chi connectivity index (χ4n) is 1.32. The molecule has 0 aromatic carbocycles. The predicted octanol–water partition coefficient (Wildman–Crippen LogP) is 0.0339. The molecule has 0 bridgehead atoms. The van der Waals surface area contributed by atoms with E-state index in [-0.39, 0.29) is 24.9 Å². The van der Waals surface area contributed by atoms with Crippen LogP contribution in [0.25, 0.3) is 0 Å². The van der Waals surface area contributed by atoms with E-state index >= 15 is 0 Å². The normalized spacial score (nSPS) is 14.4. The molecule has 1 aliphatic carbocycles. The molecule has 0 unspecified atom stereocenters. The molecule has 4 N–H and O–H groups in total. The molecular weight excluding hydrogens is 240 g/mol. The monoisotopic (exact) mass is 254 g/mol. The molecule has 1 saturated carbocycles. The Morgan fingerprint density at radius 2 is 2.24 bits per heavy atom. The molecule has 1 aliphatic rings. The van der Waals surface area contributed by atoms with Gasteiger partial charge in [0.15, 0.2) is 5.13 Å². The van der Waals surface area contributed by atoms with Gasteiger partial charge in [0.2, 0.25) is 11.8 Å². The molecule has 0 saturated heterocycles. The van der Waals surface area contributed by atoms with E-state index in [0.29, 0.717) is 11.0 Å². The van der Waals surface area contributed by atoms with Crippen molar-refractivity contribution >= 4 is 28.3 Å². The van der Waals surface area contributed by atoms with Gasteiger partial charge in [-0.15, -0.1) is 11.3 Å². The predicted molar refractivity (Wildman–Crippen MR) is 64.8 cm³/mol. The SMILES string of the molecule is NCC(=O)NCC(=O)Nc1nc(C2CC2)cs1. The maximum atomic E-state index is 11.4. The maximum absolute atomic E-state index is 11.4. The van der Waals surface area contributed by atoms with Crippen molar-refractivity contribution in [2.24, 2.45) is 5.73 Å². The molecule has 17 heavy (non-hydrogen) atoms. The van der Waals surface area contributed by atoms with Gasteiger partial charge in [0.25, 0.3) is 0 Å². The average molecular weight is 254 g/mol. The van der Waals surface area contributed by atoms with Gasteiger partial charge in [0, 0.05) is 11.3 Å². The number of anilines is 1. The van der Waals surface area contributed by atoms with E-state index in [1.165, 1.54) is 24.2 Å². The number of thiazole rings is 1. The van der Waals surface area contributed by atoms with Gasteiger partial charge in [-0.05, 0) is 12.8 Å². The lowest BCUT2D eigenvalue weighted by Gasteiger charge is -2.02. The van der Waals surface area contributed by atoms with Crippen molar-refractivity contribution in [1.82, 2.24) is 10.3 Å². The minimum absolute atomic E-state index is 0.0750. The third-order valence-electron chi connectivity index (χ3n) is 2.40. The molecule has 0 aliphatic heterocycles. The summed E-state index contributed by atoms with van der Waals surface area (Å²) in [4.78, 5) is 26.6. The first-order valence-corrected chi connectivity index (χ1v) is 6.29. The second kappa shape index (κ2) is 5.24. The highest BCUT2D eigenvalue weighted by atomic mass is 32.1. The van der Waals surface area contributed by atoms with Crippen LogP contribution in [0.15, 0.2) is 5.38 Å². The minimum atomic E-state index is -0.349. The molecule has 6 nitrogen and oxygen atoms in total. The zero-order valence-electron chi connectivity index (χ0n) is 9.23. The van der Waals surface area contributed by atoms with Crippen molar-refractivity contribution in [3.05, 3.63) is 11.1 Å². The van der Waals surface area contributed by atoms with E-state index in [1.807, 2.05) is 5.38 Å². The summed E-state index contributed by atoms with van der Waals surface area (Å²) in [6.45, 7) is -0.190. The van der Waals surface area contributed by atoms with Crippen molar-refractivity contribution in [3.63, 3.8) is 0 Å². The zero-order valence-corrected chi connectivity index (χ0v) is 10.0. The largest absolute Gasteiger partial charge is 0.346 e. The third-order valence-corrected chi connectivity index (χ3v) is 3.17. The van der Waals surface area contributed by atoms with Crippen LogP contribution in [0, 0.1) is 0 Å². The average Bonchev–Trinajstić information content (AvgIpc) is 3.08. The summed E-state index contributed by atoms with van der Waals surface area (Å²) in [7, 11) is 0. The van der Waals surface area contributed by atoms with Gasteiger partial charge in [-0.3, -0.25) is 9.59 Å². The first kappa shape index (κ1) is 12.0. The van der Waals surface area contributed by atoms with Crippen LogP contribution in [-0.2, 0) is 9.59 Å². The molecule has 0 spiro atoms. The molecule has 92 valence electrons. The van der Waals surface area contributed by atoms with E-state index in [0.717, 1.165) is 5.69 Å². The van der Waals surface area contributed by atoms with Gasteiger partial charge >= 0.3 is 0 Å². The Kier molecular flexibility index (Phi) is 3.70. The molecule has 0 atom stereocenters. The summed E-state index contributed by atoms with van der Waals surface area (Å²) < 4.78 is 0. The third kappa shape index (κ3) is 3.50. The lowest BCUT2D eigenvalue weighted by molar-refractivity contribution is -0.123. The van der Waals surface area contributed by atoms with Gasteiger partial charge in [-0.1, -0.05) is 0 Å². The van der Waals surface area contributed by atoms with Gasteiger partial charge in [-0.25, -0.2) is 4.98 Å². The Balaban J connectivity index is 1.78. The van der Waals surface area contributed by atoms with Crippen molar-refractivity contribution in [2.45, 2.75) is 18.8 Å². The van der Waals surface area contributed by atoms with Crippen LogP contribution in [0.1, 0.15) is 24.5 Å². The number of aromatic nitrogens is 1. The van der Waals surface area contributed by atoms with Crippen LogP contribution in [0.4, 0.5) is 5.13 Å². The quantitative estimate of drug-likeness (QED) is 0.690. The standard InChI is InChI=1S/C10H14N4O2S/c11-3-8(15)12-4-9(16)14-10-13-7(5-17-10)6-1-2-6/h5-6H,1-4,11H2,(H,12,15)(H,13,14,16). The molecule has 0 radical (unpaired) electrons. The van der Waals surface area contributed by atoms with Crippen molar-refractivity contribution in [1.29, 1.82) is 0 Å². The molecule has 7 heteroatoms. The van der Waals surface area contributed by atoms with Gasteiger partial charge in [0.05, 0.1) is 18.8 Å². The van der Waals surface area contributed by atoms with Crippen LogP contribution in [0.3, 0.4) is 0 Å². The summed E-state index contributed by atoms with van der Waals surface area (Å²) in [5.41, 5.74) is 6.15. The van der Waals surface area contributed by atoms with Crippen LogP contribution < -0.4 is 16.4 Å². The van der Waals surface area contributed by atoms with Crippen LogP contribution in [0.2, 0.25) is 0 Å². The fraction of sp³-hybridized carbons (Fsp3) is 0.500. The minimum Gasteiger partial charge on any atom is -0.346 e. The number of hydrogen-bond acceptors (Lipinski definition) is 5. The van der Waals surface area contributed by atoms with Crippen LogP contribution >= 0.6 is 11.3 Å². The highest BCUT2D eigenvalue weighted by Gasteiger charge is 2.26. The molecular formula is C10H14N4O2S. The Morgan fingerprint density at radius 3 is 2.88 bits per heavy atom. The van der Waals surface area contributed by atoms with E-state index in [4.69, 9.17) is 5.73 Å². The van der Waals surface area contributed by atoms with E-state index in [9.17, 15) is 9.59 Å². The molecule has 1 aromatic rings. The zero-order chi connectivity index (χ0) is 12.3. The molecule has 2 amide bonds. The Hall–Kier alpha value is -1.47. The lowest BCUT2D eigenvalue weighted by Crippen LogP contribution is -2.36. The second-order valence-corrected chi connectivity index (χ2v) is 4.74. The van der Waals surface area contributed by atoms with Crippen molar-refractivity contribution < 1.29 is 9.59 Å². The Bertz CT molecular complexity index is 428. The molecule has 1 fully saturated rings. The van der Waals surface area contributed by atoms with E-state index < -0.39 is 0 Å². The summed E-state index contributed by atoms with van der Waals surface area (Å²) >= 11 is 1.41. The molecule has 1 heterocycles. The van der Waals surface area contributed by atoms with Gasteiger partial charge < -0.3 is 16.4 Å². The number of carbonyl (C=O) groups excluding carboxylic acids is 2. The highest BCUT2D eigenvalue weighted by molar-refractivity contribution is 7.13. The van der Waals surface area contributed by atoms with Crippen LogP contribution in [0.5, 0.6) is 0 Å². The second-order valence-electron chi connectivity index (χ2n) is 3.88. The topological polar surface area (TPSA) is 97.1 Å². The van der Waals surface area contributed by atoms with Crippen LogP contribution in [-0.4, -0.2) is 29.9 Å². The van der Waals surface area contributed by atoms with Crippen molar-refractivity contribution in [2.75, 3.05) is 18.4 Å². The number of rotatable bonds is 5. The number of nitrogens with one attached hydrogen (secondary N) is 2. The molecule has 2 rings (SSSR count). The number of hydrogen-bond donors (Lipinski definition) is 3. The number of nitrogens with two attached hydrogens (primary N) is 1. The van der Waals surface area contributed by atoms with E-state index in [2.05, 4.69) is 15.6 Å². The van der Waals surface area contributed by atoms with Gasteiger partial charge in [-0.2, -0.15) is 0 Å². The van der Waals surface area contributed by atoms with E-state index in [1.54, 1.807) is 0 Å². The highest BCUT2D eigenvalue weighted by Crippen LogP contribution is 2.40. The van der Waals surface area contributed by atoms with Crippen molar-refractivity contribution in [3.8, 4) is 0 Å². The van der Waals surface area contributed by atoms with Gasteiger partial charge in [0.1, 0.15) is 0 Å². The maximum Gasteiger partial charge on any atom is 0.245 e. The number of nitrogens with zero attached hydrogens (tertiary/aromatic N) is 1. The first-order valence-electron chi connectivity index (χ1n) is 5.41. The molecule has 1 aromatic heterocycles. The Labute approximate surface area is 103 Å². The number of carbonyl (C=O) groups is 2. The smallest absolute Gasteiger partial charge is 0.245 e.